The van der Waals surface area contributed by atoms with Crippen LogP contribution in [-0.4, -0.2) is 39.5 Å². The summed E-state index contributed by atoms with van der Waals surface area (Å²) in [5.41, 5.74) is 3.40. The molecule has 10 heteroatoms. The zero-order valence-electron chi connectivity index (χ0n) is 20.4. The molecule has 2 heterocycles. The minimum atomic E-state index is -0.504. The van der Waals surface area contributed by atoms with Crippen LogP contribution in [0.15, 0.2) is 32.9 Å². The Morgan fingerprint density at radius 3 is 2.53 bits per heavy atom. The van der Waals surface area contributed by atoms with Crippen LogP contribution < -0.4 is 26.1 Å². The van der Waals surface area contributed by atoms with Gasteiger partial charge in [0.25, 0.3) is 5.56 Å². The second kappa shape index (κ2) is 12.1. The average molecular weight is 471 g/mol. The second-order valence-electron chi connectivity index (χ2n) is 8.18. The minimum absolute atomic E-state index is 0.316. The third-order valence-corrected chi connectivity index (χ3v) is 5.80. The van der Waals surface area contributed by atoms with Gasteiger partial charge in [0.2, 0.25) is 5.95 Å². The van der Waals surface area contributed by atoms with Gasteiger partial charge in [-0.1, -0.05) is 45.4 Å². The van der Waals surface area contributed by atoms with E-state index >= 15 is 0 Å². The van der Waals surface area contributed by atoms with E-state index < -0.39 is 11.2 Å². The molecule has 3 rings (SSSR count). The Kier molecular flexibility index (Phi) is 8.89. The molecular formula is C24H34N6O4. The first-order valence-electron chi connectivity index (χ1n) is 11.7. The maximum atomic E-state index is 12.6. The molecule has 0 aliphatic carbocycles. The van der Waals surface area contributed by atoms with Gasteiger partial charge < -0.3 is 14.0 Å². The van der Waals surface area contributed by atoms with Crippen LogP contribution >= 0.6 is 0 Å². The molecule has 10 nitrogen and oxygen atoms in total. The van der Waals surface area contributed by atoms with Crippen molar-refractivity contribution in [3.05, 3.63) is 44.6 Å². The van der Waals surface area contributed by atoms with Crippen molar-refractivity contribution >= 4 is 23.3 Å². The normalized spacial score (nSPS) is 11.4. The number of ether oxygens (including phenoxy) is 2. The van der Waals surface area contributed by atoms with Gasteiger partial charge in [0.15, 0.2) is 11.2 Å². The Balaban J connectivity index is 1.83. The largest absolute Gasteiger partial charge is 0.497 e. The monoisotopic (exact) mass is 470 g/mol. The van der Waals surface area contributed by atoms with Crippen molar-refractivity contribution in [1.82, 2.24) is 19.1 Å². The molecule has 34 heavy (non-hydrogen) atoms. The number of aromatic nitrogens is 4. The average Bonchev–Trinajstić information content (AvgIpc) is 3.21. The number of hydrogen-bond donors (Lipinski definition) is 2. The summed E-state index contributed by atoms with van der Waals surface area (Å²) >= 11 is 0. The fraction of sp³-hybridized carbons (Fsp3) is 0.500. The third-order valence-electron chi connectivity index (χ3n) is 5.80. The molecule has 0 radical (unpaired) electrons. The molecule has 0 spiro atoms. The van der Waals surface area contributed by atoms with E-state index in [0.29, 0.717) is 35.2 Å². The molecular weight excluding hydrogens is 436 g/mol. The number of anilines is 1. The highest BCUT2D eigenvalue weighted by Crippen LogP contribution is 2.23. The van der Waals surface area contributed by atoms with Gasteiger partial charge in [0.05, 0.1) is 20.4 Å². The predicted molar refractivity (Wildman–Crippen MR) is 134 cm³/mol. The second-order valence-corrected chi connectivity index (χ2v) is 8.18. The Hall–Kier alpha value is -3.56. The van der Waals surface area contributed by atoms with Crippen LogP contribution in [0.2, 0.25) is 0 Å². The molecule has 2 N–H and O–H groups in total. The molecule has 0 aliphatic rings. The van der Waals surface area contributed by atoms with Crippen molar-refractivity contribution in [1.29, 1.82) is 0 Å². The summed E-state index contributed by atoms with van der Waals surface area (Å²) in [5.74, 6) is 1.69. The van der Waals surface area contributed by atoms with Gasteiger partial charge in [-0.25, -0.2) is 10.2 Å². The Labute approximate surface area is 198 Å². The minimum Gasteiger partial charge on any atom is -0.497 e. The highest BCUT2D eigenvalue weighted by Gasteiger charge is 2.17. The highest BCUT2D eigenvalue weighted by atomic mass is 16.5. The number of benzene rings is 1. The SMILES string of the molecule is CCCCCCCCCn1c(N/N=C\c2ccc(OC)cc2OC)nc2c1c(=O)[nH]c(=O)n2C. The lowest BCUT2D eigenvalue weighted by atomic mass is 10.1. The number of aromatic amines is 1. The number of nitrogens with one attached hydrogen (secondary N) is 2. The van der Waals surface area contributed by atoms with E-state index in [4.69, 9.17) is 9.47 Å². The molecule has 0 bridgehead atoms. The van der Waals surface area contributed by atoms with Gasteiger partial charge in [-0.15, -0.1) is 0 Å². The first-order valence-corrected chi connectivity index (χ1v) is 11.7. The Morgan fingerprint density at radius 2 is 1.82 bits per heavy atom. The zero-order valence-corrected chi connectivity index (χ0v) is 20.4. The van der Waals surface area contributed by atoms with Gasteiger partial charge in [-0.2, -0.15) is 10.1 Å². The smallest absolute Gasteiger partial charge is 0.329 e. The first kappa shape index (κ1) is 25.1. The number of hydrazone groups is 1. The van der Waals surface area contributed by atoms with E-state index in [1.54, 1.807) is 38.1 Å². The van der Waals surface area contributed by atoms with Gasteiger partial charge in [0, 0.05) is 25.2 Å². The molecule has 0 saturated heterocycles. The number of nitrogens with zero attached hydrogens (tertiary/aromatic N) is 4. The fourth-order valence-electron chi connectivity index (χ4n) is 3.85. The number of fused-ring (bicyclic) bond motifs is 1. The summed E-state index contributed by atoms with van der Waals surface area (Å²) in [5, 5.41) is 4.31. The molecule has 184 valence electrons. The first-order chi connectivity index (χ1) is 16.5. The number of unbranched alkanes of at least 4 members (excludes halogenated alkanes) is 6. The van der Waals surface area contributed by atoms with Crippen molar-refractivity contribution in [3.63, 3.8) is 0 Å². The van der Waals surface area contributed by atoms with Crippen LogP contribution in [0.3, 0.4) is 0 Å². The molecule has 1 aromatic carbocycles. The van der Waals surface area contributed by atoms with Gasteiger partial charge >= 0.3 is 5.69 Å². The summed E-state index contributed by atoms with van der Waals surface area (Å²) in [4.78, 5) is 31.5. The fourth-order valence-corrected chi connectivity index (χ4v) is 3.85. The highest BCUT2D eigenvalue weighted by molar-refractivity contribution is 5.84. The van der Waals surface area contributed by atoms with Gasteiger partial charge in [-0.3, -0.25) is 14.3 Å². The van der Waals surface area contributed by atoms with Crippen LogP contribution in [0.25, 0.3) is 11.2 Å². The van der Waals surface area contributed by atoms with E-state index in [2.05, 4.69) is 27.4 Å². The van der Waals surface area contributed by atoms with E-state index in [1.165, 1.54) is 30.3 Å². The lowest BCUT2D eigenvalue weighted by Gasteiger charge is -2.09. The van der Waals surface area contributed by atoms with Crippen LogP contribution in [-0.2, 0) is 13.6 Å². The molecule has 3 aromatic rings. The van der Waals surface area contributed by atoms with Gasteiger partial charge in [0.1, 0.15) is 11.5 Å². The Bertz CT molecular complexity index is 1240. The van der Waals surface area contributed by atoms with Crippen molar-refractivity contribution < 1.29 is 9.47 Å². The van der Waals surface area contributed by atoms with Crippen LogP contribution in [0.4, 0.5) is 5.95 Å². The maximum Gasteiger partial charge on any atom is 0.329 e. The molecule has 2 aromatic heterocycles. The van der Waals surface area contributed by atoms with Crippen molar-refractivity contribution in [2.45, 2.75) is 58.4 Å². The number of rotatable bonds is 13. The number of hydrogen-bond acceptors (Lipinski definition) is 7. The summed E-state index contributed by atoms with van der Waals surface area (Å²) < 4.78 is 13.8. The van der Waals surface area contributed by atoms with Gasteiger partial charge in [-0.05, 0) is 18.6 Å². The topological polar surface area (TPSA) is 116 Å². The summed E-state index contributed by atoms with van der Waals surface area (Å²) in [6.45, 7) is 2.80. The van der Waals surface area contributed by atoms with E-state index in [9.17, 15) is 9.59 Å². The maximum absolute atomic E-state index is 12.6. The number of methoxy groups -OCH3 is 2. The quantitative estimate of drug-likeness (QED) is 0.224. The third kappa shape index (κ3) is 5.86. The number of imidazole rings is 1. The summed E-state index contributed by atoms with van der Waals surface area (Å²) in [7, 11) is 4.75. The molecule has 0 unspecified atom stereocenters. The molecule has 0 fully saturated rings. The van der Waals surface area contributed by atoms with Crippen LogP contribution in [0, 0.1) is 0 Å². The van der Waals surface area contributed by atoms with Crippen molar-refractivity contribution in [2.75, 3.05) is 19.6 Å². The lowest BCUT2D eigenvalue weighted by molar-refractivity contribution is 0.394. The lowest BCUT2D eigenvalue weighted by Crippen LogP contribution is -2.29. The number of H-pyrrole nitrogens is 1. The molecule has 0 saturated carbocycles. The van der Waals surface area contributed by atoms with E-state index in [0.717, 1.165) is 24.8 Å². The van der Waals surface area contributed by atoms with Crippen molar-refractivity contribution in [2.24, 2.45) is 12.1 Å². The standard InChI is InChI=1S/C24H34N6O4/c1-5-6-7-8-9-10-11-14-30-20-21(29(2)24(32)27-22(20)31)26-23(30)28-25-16-17-12-13-18(33-3)15-19(17)34-4/h12-13,15-16H,5-11,14H2,1-4H3,(H,26,28)(H,27,31,32)/b25-16-. The van der Waals surface area contributed by atoms with Crippen LogP contribution in [0.5, 0.6) is 11.5 Å². The van der Waals surface area contributed by atoms with Crippen LogP contribution in [0.1, 0.15) is 57.4 Å². The molecule has 0 atom stereocenters. The molecule has 0 aliphatic heterocycles. The van der Waals surface area contributed by atoms with E-state index in [1.807, 2.05) is 12.1 Å². The predicted octanol–water partition coefficient (Wildman–Crippen LogP) is 3.64. The van der Waals surface area contributed by atoms with Crippen molar-refractivity contribution in [3.8, 4) is 11.5 Å². The van der Waals surface area contributed by atoms with E-state index in [-0.39, 0.29) is 0 Å². The zero-order chi connectivity index (χ0) is 24.5. The summed E-state index contributed by atoms with van der Waals surface area (Å²) in [6.07, 6.45) is 9.67. The summed E-state index contributed by atoms with van der Waals surface area (Å²) in [6, 6.07) is 5.42. The Morgan fingerprint density at radius 1 is 1.09 bits per heavy atom. The number of aryl methyl sites for hydroxylation is 2. The molecule has 0 amide bonds.